The van der Waals surface area contributed by atoms with Crippen LogP contribution in [-0.4, -0.2) is 38.1 Å². The monoisotopic (exact) mass is 461 g/mol. The van der Waals surface area contributed by atoms with E-state index in [1.807, 2.05) is 37.4 Å². The van der Waals surface area contributed by atoms with E-state index in [1.165, 1.54) is 12.8 Å². The highest BCUT2D eigenvalue weighted by Crippen LogP contribution is 2.45. The van der Waals surface area contributed by atoms with Crippen molar-refractivity contribution in [1.29, 1.82) is 0 Å². The molecule has 1 unspecified atom stereocenters. The maximum absolute atomic E-state index is 10.9. The molecule has 1 saturated heterocycles. The second-order valence-corrected chi connectivity index (χ2v) is 9.93. The summed E-state index contributed by atoms with van der Waals surface area (Å²) in [6, 6.07) is 8.03. The lowest BCUT2D eigenvalue weighted by molar-refractivity contribution is 0.0287. The van der Waals surface area contributed by atoms with Crippen LogP contribution in [-0.2, 0) is 10.3 Å². The molecule has 0 bridgehead atoms. The van der Waals surface area contributed by atoms with Crippen LogP contribution in [0.25, 0.3) is 0 Å². The normalized spacial score (nSPS) is 20.6. The largest absolute Gasteiger partial charge is 0.454 e. The molecule has 6 rings (SSSR count). The number of pyridine rings is 2. The fourth-order valence-electron chi connectivity index (χ4n) is 4.70. The molecule has 8 nitrogen and oxygen atoms in total. The van der Waals surface area contributed by atoms with Gasteiger partial charge in [-0.2, -0.15) is 5.10 Å². The molecule has 2 N–H and O–H groups in total. The first-order valence-electron chi connectivity index (χ1n) is 12.3. The van der Waals surface area contributed by atoms with Crippen molar-refractivity contribution < 1.29 is 14.6 Å². The van der Waals surface area contributed by atoms with Gasteiger partial charge >= 0.3 is 0 Å². The molecule has 2 aliphatic carbocycles. The number of ether oxygens (including phenoxy) is 2. The molecular weight excluding hydrogens is 430 g/mol. The number of nitrogens with zero attached hydrogens (tertiary/aromatic N) is 4. The van der Waals surface area contributed by atoms with Gasteiger partial charge in [0.05, 0.1) is 17.9 Å². The van der Waals surface area contributed by atoms with E-state index in [9.17, 15) is 5.11 Å². The van der Waals surface area contributed by atoms with Gasteiger partial charge in [0.25, 0.3) is 0 Å². The van der Waals surface area contributed by atoms with Crippen LogP contribution in [0.3, 0.4) is 0 Å². The van der Waals surface area contributed by atoms with Gasteiger partial charge in [0.2, 0.25) is 0 Å². The molecule has 3 aromatic rings. The topological polar surface area (TPSA) is 94.3 Å². The lowest BCUT2D eigenvalue weighted by Crippen LogP contribution is -2.25. The minimum Gasteiger partial charge on any atom is -0.454 e. The van der Waals surface area contributed by atoms with E-state index in [1.54, 1.807) is 12.4 Å². The molecule has 1 aliphatic heterocycles. The first-order chi connectivity index (χ1) is 16.6. The van der Waals surface area contributed by atoms with Crippen LogP contribution >= 0.6 is 0 Å². The third-order valence-corrected chi connectivity index (χ3v) is 7.14. The number of anilines is 2. The first-order valence-corrected chi connectivity index (χ1v) is 12.3. The summed E-state index contributed by atoms with van der Waals surface area (Å²) in [5.41, 5.74) is 1.64. The van der Waals surface area contributed by atoms with Crippen LogP contribution in [0.5, 0.6) is 11.5 Å². The van der Waals surface area contributed by atoms with Crippen molar-refractivity contribution in [1.82, 2.24) is 19.7 Å². The van der Waals surface area contributed by atoms with Crippen molar-refractivity contribution >= 4 is 11.5 Å². The Morgan fingerprint density at radius 2 is 1.85 bits per heavy atom. The van der Waals surface area contributed by atoms with Crippen molar-refractivity contribution in [2.75, 3.05) is 18.5 Å². The predicted molar refractivity (Wildman–Crippen MR) is 127 cm³/mol. The highest BCUT2D eigenvalue weighted by atomic mass is 16.5. The minimum atomic E-state index is -0.904. The number of aromatic nitrogens is 4. The van der Waals surface area contributed by atoms with Gasteiger partial charge in [0.1, 0.15) is 22.9 Å². The van der Waals surface area contributed by atoms with E-state index in [0.29, 0.717) is 29.2 Å². The van der Waals surface area contributed by atoms with Gasteiger partial charge in [0, 0.05) is 43.3 Å². The lowest BCUT2D eigenvalue weighted by atomic mass is 9.95. The molecule has 4 heterocycles. The highest BCUT2D eigenvalue weighted by Gasteiger charge is 2.42. The van der Waals surface area contributed by atoms with Gasteiger partial charge in [-0.15, -0.1) is 0 Å². The zero-order valence-electron chi connectivity index (χ0n) is 19.5. The number of rotatable bonds is 8. The van der Waals surface area contributed by atoms with E-state index < -0.39 is 5.60 Å². The Morgan fingerprint density at radius 1 is 1.06 bits per heavy atom. The second-order valence-electron chi connectivity index (χ2n) is 9.93. The van der Waals surface area contributed by atoms with Gasteiger partial charge < -0.3 is 19.9 Å². The fraction of sp³-hybridized carbons (Fsp3) is 0.500. The SMILES string of the molecule is CC(O)(c1cc(Nc2cc(Oc3cn(C4CC4)nc3C3CCOCC3)ccn2)ccn1)C1CC1. The Morgan fingerprint density at radius 3 is 2.62 bits per heavy atom. The number of aliphatic hydroxyl groups is 1. The van der Waals surface area contributed by atoms with Crippen molar-refractivity contribution in [3.63, 3.8) is 0 Å². The summed E-state index contributed by atoms with van der Waals surface area (Å²) in [6.45, 7) is 3.39. The fourth-order valence-corrected chi connectivity index (χ4v) is 4.70. The number of hydrogen-bond acceptors (Lipinski definition) is 7. The molecule has 3 fully saturated rings. The zero-order chi connectivity index (χ0) is 23.1. The molecule has 3 aromatic heterocycles. The van der Waals surface area contributed by atoms with E-state index in [4.69, 9.17) is 14.6 Å². The van der Waals surface area contributed by atoms with Gasteiger partial charge in [-0.25, -0.2) is 4.98 Å². The summed E-state index contributed by atoms with van der Waals surface area (Å²) in [7, 11) is 0. The van der Waals surface area contributed by atoms with Crippen molar-refractivity contribution in [2.24, 2.45) is 5.92 Å². The average molecular weight is 462 g/mol. The van der Waals surface area contributed by atoms with Crippen LogP contribution in [0, 0.1) is 5.92 Å². The third-order valence-electron chi connectivity index (χ3n) is 7.14. The molecule has 2 saturated carbocycles. The summed E-state index contributed by atoms with van der Waals surface area (Å²) in [5.74, 6) is 2.84. The zero-order valence-corrected chi connectivity index (χ0v) is 19.5. The Bertz CT molecular complexity index is 1160. The standard InChI is InChI=1S/C26H31N5O3/c1-26(32,18-2-3-18)23-14-19(6-10-27-23)29-24-15-21(7-11-28-24)34-22-16-31(20-4-5-20)30-25(22)17-8-12-33-13-9-17/h6-7,10-11,14-18,20,32H,2-5,8-9,12-13H2,1H3,(H,27,28,29). The van der Waals surface area contributed by atoms with E-state index in [2.05, 4.69) is 20.0 Å². The molecular formula is C26H31N5O3. The van der Waals surface area contributed by atoms with Crippen LogP contribution in [0.4, 0.5) is 11.5 Å². The van der Waals surface area contributed by atoms with E-state index in [0.717, 1.165) is 56.0 Å². The summed E-state index contributed by atoms with van der Waals surface area (Å²) >= 11 is 0. The Kier molecular flexibility index (Phi) is 5.50. The molecule has 0 amide bonds. The molecule has 0 aromatic carbocycles. The Labute approximate surface area is 199 Å². The predicted octanol–water partition coefficient (Wildman–Crippen LogP) is 5.06. The molecule has 8 heteroatoms. The summed E-state index contributed by atoms with van der Waals surface area (Å²) < 4.78 is 14.0. The van der Waals surface area contributed by atoms with Crippen LogP contribution in [0.2, 0.25) is 0 Å². The summed E-state index contributed by atoms with van der Waals surface area (Å²) in [4.78, 5) is 8.87. The molecule has 0 radical (unpaired) electrons. The van der Waals surface area contributed by atoms with E-state index in [-0.39, 0.29) is 5.92 Å². The molecule has 0 spiro atoms. The van der Waals surface area contributed by atoms with Crippen molar-refractivity contribution in [2.45, 2.75) is 63.0 Å². The molecule has 34 heavy (non-hydrogen) atoms. The van der Waals surface area contributed by atoms with E-state index >= 15 is 0 Å². The Hall–Kier alpha value is -2.97. The average Bonchev–Trinajstić information content (AvgIpc) is 3.77. The van der Waals surface area contributed by atoms with Gasteiger partial charge in [-0.05, 0) is 69.6 Å². The summed E-state index contributed by atoms with van der Waals surface area (Å²) in [5, 5.41) is 19.1. The maximum Gasteiger partial charge on any atom is 0.168 e. The Balaban J connectivity index is 1.21. The minimum absolute atomic E-state index is 0.284. The van der Waals surface area contributed by atoms with Gasteiger partial charge in [-0.3, -0.25) is 9.67 Å². The molecule has 3 aliphatic rings. The van der Waals surface area contributed by atoms with Crippen LogP contribution in [0.15, 0.2) is 42.9 Å². The smallest absolute Gasteiger partial charge is 0.168 e. The first kappa shape index (κ1) is 21.6. The molecule has 1 atom stereocenters. The quantitative estimate of drug-likeness (QED) is 0.484. The highest BCUT2D eigenvalue weighted by molar-refractivity contribution is 5.58. The number of nitrogens with one attached hydrogen (secondary N) is 1. The van der Waals surface area contributed by atoms with Gasteiger partial charge in [0.15, 0.2) is 5.75 Å². The lowest BCUT2D eigenvalue weighted by Gasteiger charge is -2.22. The second kappa shape index (κ2) is 8.67. The van der Waals surface area contributed by atoms with Gasteiger partial charge in [-0.1, -0.05) is 0 Å². The summed E-state index contributed by atoms with van der Waals surface area (Å²) in [6.07, 6.45) is 11.9. The third kappa shape index (κ3) is 4.52. The van der Waals surface area contributed by atoms with Crippen LogP contribution in [0.1, 0.15) is 68.8 Å². The number of hydrogen-bond donors (Lipinski definition) is 2. The van der Waals surface area contributed by atoms with Crippen LogP contribution < -0.4 is 10.1 Å². The molecule has 178 valence electrons. The van der Waals surface area contributed by atoms with Crippen molar-refractivity contribution in [3.8, 4) is 11.5 Å². The maximum atomic E-state index is 10.9. The van der Waals surface area contributed by atoms with Crippen molar-refractivity contribution in [3.05, 3.63) is 54.2 Å².